The van der Waals surface area contributed by atoms with Gasteiger partial charge in [-0.05, 0) is 55.3 Å². The summed E-state index contributed by atoms with van der Waals surface area (Å²) in [6, 6.07) is 9.43. The Balaban J connectivity index is 1.84. The Bertz CT molecular complexity index is 369. The summed E-state index contributed by atoms with van der Waals surface area (Å²) in [4.78, 5) is 0. The van der Waals surface area contributed by atoms with Crippen LogP contribution in [-0.4, -0.2) is 19.2 Å². The molecule has 0 radical (unpaired) electrons. The molecule has 1 N–H and O–H groups in total. The summed E-state index contributed by atoms with van der Waals surface area (Å²) in [6.07, 6.45) is 3.79. The fourth-order valence-corrected chi connectivity index (χ4v) is 2.23. The quantitative estimate of drug-likeness (QED) is 0.764. The predicted octanol–water partition coefficient (Wildman–Crippen LogP) is 3.97. The first-order chi connectivity index (χ1) is 9.20. The monoisotopic (exact) mass is 261 g/mol. The van der Waals surface area contributed by atoms with Crippen molar-refractivity contribution in [2.45, 2.75) is 52.0 Å². The minimum Gasteiger partial charge on any atom is -0.494 e. The first-order valence-electron chi connectivity index (χ1n) is 7.66. The SMILES string of the molecule is CCCOc1ccc(C(C)C(C)CNC2CC2)cc1. The van der Waals surface area contributed by atoms with Crippen molar-refractivity contribution in [2.24, 2.45) is 5.92 Å². The van der Waals surface area contributed by atoms with Crippen LogP contribution in [0.1, 0.15) is 51.5 Å². The molecule has 1 fully saturated rings. The Hall–Kier alpha value is -1.02. The smallest absolute Gasteiger partial charge is 0.119 e. The van der Waals surface area contributed by atoms with Gasteiger partial charge in [0.1, 0.15) is 5.75 Å². The van der Waals surface area contributed by atoms with Crippen molar-refractivity contribution < 1.29 is 4.74 Å². The number of ether oxygens (including phenoxy) is 1. The molecule has 106 valence electrons. The topological polar surface area (TPSA) is 21.3 Å². The van der Waals surface area contributed by atoms with Crippen LogP contribution in [0.3, 0.4) is 0 Å². The van der Waals surface area contributed by atoms with Gasteiger partial charge in [-0.3, -0.25) is 0 Å². The molecule has 0 spiro atoms. The summed E-state index contributed by atoms with van der Waals surface area (Å²) in [5.74, 6) is 2.25. The summed E-state index contributed by atoms with van der Waals surface area (Å²) in [5.41, 5.74) is 1.41. The van der Waals surface area contributed by atoms with Crippen LogP contribution in [0.4, 0.5) is 0 Å². The maximum Gasteiger partial charge on any atom is 0.119 e. The van der Waals surface area contributed by atoms with E-state index in [0.717, 1.165) is 31.4 Å². The first kappa shape index (κ1) is 14.4. The van der Waals surface area contributed by atoms with E-state index in [1.807, 2.05) is 0 Å². The third kappa shape index (κ3) is 4.54. The Morgan fingerprint density at radius 3 is 2.47 bits per heavy atom. The summed E-state index contributed by atoms with van der Waals surface area (Å²) in [7, 11) is 0. The molecule has 0 heterocycles. The van der Waals surface area contributed by atoms with E-state index in [4.69, 9.17) is 4.74 Å². The van der Waals surface area contributed by atoms with Crippen molar-refractivity contribution in [3.05, 3.63) is 29.8 Å². The first-order valence-corrected chi connectivity index (χ1v) is 7.66. The van der Waals surface area contributed by atoms with Gasteiger partial charge in [-0.1, -0.05) is 32.9 Å². The maximum absolute atomic E-state index is 5.63. The minimum absolute atomic E-state index is 0.589. The highest BCUT2D eigenvalue weighted by atomic mass is 16.5. The molecule has 1 aliphatic rings. The van der Waals surface area contributed by atoms with Crippen molar-refractivity contribution >= 4 is 0 Å². The lowest BCUT2D eigenvalue weighted by atomic mass is 9.89. The molecule has 0 saturated heterocycles. The van der Waals surface area contributed by atoms with E-state index in [1.165, 1.54) is 18.4 Å². The van der Waals surface area contributed by atoms with Gasteiger partial charge in [0.2, 0.25) is 0 Å². The number of nitrogens with one attached hydrogen (secondary N) is 1. The number of rotatable bonds is 8. The highest BCUT2D eigenvalue weighted by molar-refractivity contribution is 5.29. The molecule has 2 rings (SSSR count). The largest absolute Gasteiger partial charge is 0.494 e. The zero-order valence-corrected chi connectivity index (χ0v) is 12.5. The average Bonchev–Trinajstić information content (AvgIpc) is 3.26. The van der Waals surface area contributed by atoms with Crippen LogP contribution in [0.25, 0.3) is 0 Å². The standard InChI is InChI=1S/C17H27NO/c1-4-11-19-17-9-5-15(6-10-17)14(3)13(2)12-18-16-7-8-16/h5-6,9-10,13-14,16,18H,4,7-8,11-12H2,1-3H3. The van der Waals surface area contributed by atoms with Gasteiger partial charge in [0.25, 0.3) is 0 Å². The minimum atomic E-state index is 0.589. The molecule has 0 aromatic heterocycles. The molecule has 1 aromatic rings. The van der Waals surface area contributed by atoms with E-state index in [0.29, 0.717) is 11.8 Å². The second kappa shape index (κ2) is 6.95. The number of hydrogen-bond donors (Lipinski definition) is 1. The molecular formula is C17H27NO. The van der Waals surface area contributed by atoms with E-state index in [2.05, 4.69) is 50.4 Å². The third-order valence-electron chi connectivity index (χ3n) is 4.04. The average molecular weight is 261 g/mol. The van der Waals surface area contributed by atoms with Crippen molar-refractivity contribution in [1.29, 1.82) is 0 Å². The normalized spacial score (nSPS) is 18.1. The van der Waals surface area contributed by atoms with E-state index < -0.39 is 0 Å². The van der Waals surface area contributed by atoms with Crippen LogP contribution >= 0.6 is 0 Å². The fraction of sp³-hybridized carbons (Fsp3) is 0.647. The van der Waals surface area contributed by atoms with Crippen LogP contribution in [0, 0.1) is 5.92 Å². The molecule has 19 heavy (non-hydrogen) atoms. The molecule has 0 bridgehead atoms. The van der Waals surface area contributed by atoms with E-state index >= 15 is 0 Å². The highest BCUT2D eigenvalue weighted by Crippen LogP contribution is 2.27. The van der Waals surface area contributed by atoms with Crippen molar-refractivity contribution in [3.8, 4) is 5.75 Å². The van der Waals surface area contributed by atoms with Crippen LogP contribution in [0.2, 0.25) is 0 Å². The maximum atomic E-state index is 5.63. The summed E-state index contributed by atoms with van der Waals surface area (Å²) in [6.45, 7) is 8.71. The zero-order valence-electron chi connectivity index (χ0n) is 12.5. The molecule has 0 aliphatic heterocycles. The molecular weight excluding hydrogens is 234 g/mol. The lowest BCUT2D eigenvalue weighted by Crippen LogP contribution is -2.26. The summed E-state index contributed by atoms with van der Waals surface area (Å²) in [5, 5.41) is 3.62. The highest BCUT2D eigenvalue weighted by Gasteiger charge is 2.22. The zero-order chi connectivity index (χ0) is 13.7. The molecule has 0 amide bonds. The Morgan fingerprint density at radius 2 is 1.89 bits per heavy atom. The lowest BCUT2D eigenvalue weighted by molar-refractivity contribution is 0.317. The molecule has 2 nitrogen and oxygen atoms in total. The van der Waals surface area contributed by atoms with Gasteiger partial charge in [-0.25, -0.2) is 0 Å². The molecule has 2 atom stereocenters. The van der Waals surface area contributed by atoms with Crippen LogP contribution in [0.15, 0.2) is 24.3 Å². The van der Waals surface area contributed by atoms with Crippen molar-refractivity contribution in [3.63, 3.8) is 0 Å². The third-order valence-corrected chi connectivity index (χ3v) is 4.04. The van der Waals surface area contributed by atoms with Gasteiger partial charge < -0.3 is 10.1 Å². The molecule has 2 unspecified atom stereocenters. The van der Waals surface area contributed by atoms with Crippen LogP contribution in [0.5, 0.6) is 5.75 Å². The number of benzene rings is 1. The van der Waals surface area contributed by atoms with Gasteiger partial charge in [0.05, 0.1) is 6.61 Å². The molecule has 1 aromatic carbocycles. The predicted molar refractivity (Wildman–Crippen MR) is 80.8 cm³/mol. The van der Waals surface area contributed by atoms with Crippen LogP contribution < -0.4 is 10.1 Å². The van der Waals surface area contributed by atoms with E-state index in [9.17, 15) is 0 Å². The molecule has 1 aliphatic carbocycles. The Morgan fingerprint density at radius 1 is 1.21 bits per heavy atom. The molecule has 2 heteroatoms. The number of hydrogen-bond acceptors (Lipinski definition) is 2. The second-order valence-corrected chi connectivity index (χ2v) is 5.87. The van der Waals surface area contributed by atoms with E-state index in [1.54, 1.807) is 0 Å². The second-order valence-electron chi connectivity index (χ2n) is 5.87. The van der Waals surface area contributed by atoms with Crippen LogP contribution in [-0.2, 0) is 0 Å². The lowest BCUT2D eigenvalue weighted by Gasteiger charge is -2.21. The Kier molecular flexibility index (Phi) is 5.26. The van der Waals surface area contributed by atoms with Gasteiger partial charge in [-0.15, -0.1) is 0 Å². The van der Waals surface area contributed by atoms with Crippen molar-refractivity contribution in [1.82, 2.24) is 5.32 Å². The fourth-order valence-electron chi connectivity index (χ4n) is 2.23. The van der Waals surface area contributed by atoms with E-state index in [-0.39, 0.29) is 0 Å². The van der Waals surface area contributed by atoms with Crippen molar-refractivity contribution in [2.75, 3.05) is 13.2 Å². The summed E-state index contributed by atoms with van der Waals surface area (Å²) < 4.78 is 5.63. The molecule has 1 saturated carbocycles. The Labute approximate surface area is 117 Å². The van der Waals surface area contributed by atoms with Gasteiger partial charge in [0.15, 0.2) is 0 Å². The summed E-state index contributed by atoms with van der Waals surface area (Å²) >= 11 is 0. The van der Waals surface area contributed by atoms with Gasteiger partial charge >= 0.3 is 0 Å². The van der Waals surface area contributed by atoms with Gasteiger partial charge in [-0.2, -0.15) is 0 Å². The van der Waals surface area contributed by atoms with Gasteiger partial charge in [0, 0.05) is 6.04 Å².